The minimum Gasteiger partial charge on any atom is -0.465 e. The fourth-order valence-electron chi connectivity index (χ4n) is 5.48. The second kappa shape index (κ2) is 14.8. The molecule has 41 heavy (non-hydrogen) atoms. The maximum Gasteiger partial charge on any atom is 0.407 e. The van der Waals surface area contributed by atoms with Crippen LogP contribution in [0.2, 0.25) is 25.7 Å². The molecule has 0 spiro atoms. The number of carbonyl (C=O) groups excluding carboxylic acids is 1. The average molecular weight is 595 g/mol. The van der Waals surface area contributed by atoms with Gasteiger partial charge in [-0.05, 0) is 43.4 Å². The van der Waals surface area contributed by atoms with E-state index in [1.54, 1.807) is 9.80 Å². The zero-order valence-electron chi connectivity index (χ0n) is 25.2. The SMILES string of the molecule is CC(C)[C@@H]1N(C(=O)C/C=C/CCCCCN(CC[Si](C)(C)C)C(=O)O)C(=S)OC1(c1ccccc1)c1ccccc1. The molecule has 2 aromatic rings. The highest BCUT2D eigenvalue weighted by Crippen LogP contribution is 2.47. The highest BCUT2D eigenvalue weighted by atomic mass is 32.1. The van der Waals surface area contributed by atoms with Crippen molar-refractivity contribution in [1.29, 1.82) is 0 Å². The van der Waals surface area contributed by atoms with E-state index in [1.807, 2.05) is 72.8 Å². The van der Waals surface area contributed by atoms with Gasteiger partial charge in [-0.15, -0.1) is 0 Å². The average Bonchev–Trinajstić information content (AvgIpc) is 3.26. The first-order valence-corrected chi connectivity index (χ1v) is 18.9. The van der Waals surface area contributed by atoms with Crippen molar-refractivity contribution in [3.8, 4) is 0 Å². The molecule has 1 fully saturated rings. The first kappa shape index (κ1) is 32.5. The third-order valence-electron chi connectivity index (χ3n) is 7.61. The van der Waals surface area contributed by atoms with Crippen LogP contribution in [-0.2, 0) is 15.1 Å². The van der Waals surface area contributed by atoms with Crippen molar-refractivity contribution >= 4 is 37.5 Å². The van der Waals surface area contributed by atoms with E-state index in [4.69, 9.17) is 17.0 Å². The Morgan fingerprint density at radius 2 is 1.56 bits per heavy atom. The summed E-state index contributed by atoms with van der Waals surface area (Å²) in [6.07, 6.45) is 6.99. The molecule has 1 N–H and O–H groups in total. The summed E-state index contributed by atoms with van der Waals surface area (Å²) in [6.45, 7) is 12.2. The Kier molecular flexibility index (Phi) is 11.7. The number of nitrogens with zero attached hydrogens (tertiary/aromatic N) is 2. The predicted molar refractivity (Wildman–Crippen MR) is 173 cm³/mol. The van der Waals surface area contributed by atoms with E-state index in [1.165, 1.54) is 0 Å². The molecule has 3 rings (SSSR count). The number of thiocarbonyl (C=S) groups is 1. The Labute approximate surface area is 252 Å². The van der Waals surface area contributed by atoms with Crippen molar-refractivity contribution < 1.29 is 19.4 Å². The number of ether oxygens (including phenoxy) is 1. The van der Waals surface area contributed by atoms with E-state index in [-0.39, 0.29) is 29.5 Å². The fourth-order valence-corrected chi connectivity index (χ4v) is 6.77. The van der Waals surface area contributed by atoms with Gasteiger partial charge in [0.15, 0.2) is 5.60 Å². The molecule has 222 valence electrons. The molecule has 1 aliphatic heterocycles. The number of amides is 2. The number of unbranched alkanes of at least 4 members (excludes halogenated alkanes) is 3. The van der Waals surface area contributed by atoms with Gasteiger partial charge in [-0.2, -0.15) is 0 Å². The lowest BCUT2D eigenvalue weighted by Gasteiger charge is -2.38. The number of benzene rings is 2. The molecular formula is C33H46N2O4SSi. The number of carboxylic acid groups (broad SMARTS) is 1. The van der Waals surface area contributed by atoms with Crippen molar-refractivity contribution in [2.45, 2.75) is 83.3 Å². The van der Waals surface area contributed by atoms with Crippen LogP contribution >= 0.6 is 12.2 Å². The van der Waals surface area contributed by atoms with Gasteiger partial charge in [0.25, 0.3) is 5.17 Å². The van der Waals surface area contributed by atoms with E-state index in [9.17, 15) is 14.7 Å². The number of hydrogen-bond donors (Lipinski definition) is 1. The van der Waals surface area contributed by atoms with Gasteiger partial charge in [0.1, 0.15) is 0 Å². The van der Waals surface area contributed by atoms with Gasteiger partial charge in [0.2, 0.25) is 5.91 Å². The molecule has 0 unspecified atom stereocenters. The largest absolute Gasteiger partial charge is 0.465 e. The first-order valence-electron chi connectivity index (χ1n) is 14.8. The van der Waals surface area contributed by atoms with Crippen molar-refractivity contribution in [3.63, 3.8) is 0 Å². The van der Waals surface area contributed by atoms with Gasteiger partial charge in [-0.1, -0.05) is 113 Å². The molecule has 0 aliphatic carbocycles. The van der Waals surface area contributed by atoms with Gasteiger partial charge < -0.3 is 14.7 Å². The zero-order chi connectivity index (χ0) is 30.0. The molecule has 0 radical (unpaired) electrons. The van der Waals surface area contributed by atoms with Crippen LogP contribution < -0.4 is 0 Å². The first-order chi connectivity index (χ1) is 19.5. The molecule has 1 aliphatic rings. The topological polar surface area (TPSA) is 70.1 Å². The third-order valence-corrected chi connectivity index (χ3v) is 9.61. The van der Waals surface area contributed by atoms with Crippen molar-refractivity contribution in [1.82, 2.24) is 9.80 Å². The summed E-state index contributed by atoms with van der Waals surface area (Å²) in [5, 5.41) is 9.71. The minimum absolute atomic E-state index is 0.0711. The van der Waals surface area contributed by atoms with Crippen LogP contribution in [0.1, 0.15) is 57.1 Å². The van der Waals surface area contributed by atoms with Crippen molar-refractivity contribution in [2.75, 3.05) is 13.1 Å². The monoisotopic (exact) mass is 594 g/mol. The lowest BCUT2D eigenvalue weighted by Crippen LogP contribution is -2.49. The van der Waals surface area contributed by atoms with E-state index in [2.05, 4.69) is 33.5 Å². The van der Waals surface area contributed by atoms with E-state index in [0.717, 1.165) is 42.9 Å². The summed E-state index contributed by atoms with van der Waals surface area (Å²) in [7, 11) is -1.27. The minimum atomic E-state index is -1.27. The number of allylic oxidation sites excluding steroid dienone is 1. The van der Waals surface area contributed by atoms with Gasteiger partial charge in [0.05, 0.1) is 6.04 Å². The molecule has 0 bridgehead atoms. The van der Waals surface area contributed by atoms with Gasteiger partial charge in [-0.25, -0.2) is 4.79 Å². The number of carbonyl (C=O) groups is 2. The molecular weight excluding hydrogens is 549 g/mol. The van der Waals surface area contributed by atoms with Crippen LogP contribution in [0, 0.1) is 5.92 Å². The van der Waals surface area contributed by atoms with Crippen molar-refractivity contribution in [3.05, 3.63) is 83.9 Å². The maximum atomic E-state index is 13.6. The van der Waals surface area contributed by atoms with E-state index >= 15 is 0 Å². The van der Waals surface area contributed by atoms with Crippen LogP contribution in [0.25, 0.3) is 0 Å². The second-order valence-electron chi connectivity index (χ2n) is 12.4. The molecule has 0 aromatic heterocycles. The summed E-state index contributed by atoms with van der Waals surface area (Å²) in [5.74, 6) is 0.0121. The molecule has 2 amide bonds. The number of rotatable bonds is 14. The molecule has 1 saturated heterocycles. The molecule has 1 atom stereocenters. The smallest absolute Gasteiger partial charge is 0.407 e. The Morgan fingerprint density at radius 1 is 0.976 bits per heavy atom. The third kappa shape index (κ3) is 8.52. The summed E-state index contributed by atoms with van der Waals surface area (Å²) in [4.78, 5) is 28.4. The van der Waals surface area contributed by atoms with Crippen LogP contribution in [0.4, 0.5) is 4.79 Å². The Bertz CT molecular complexity index is 1140. The van der Waals surface area contributed by atoms with Crippen molar-refractivity contribution in [2.24, 2.45) is 5.92 Å². The van der Waals surface area contributed by atoms with E-state index in [0.29, 0.717) is 13.1 Å². The molecule has 2 aromatic carbocycles. The van der Waals surface area contributed by atoms with Gasteiger partial charge in [-0.3, -0.25) is 9.69 Å². The van der Waals surface area contributed by atoms with Crippen LogP contribution in [0.15, 0.2) is 72.8 Å². The second-order valence-corrected chi connectivity index (χ2v) is 18.4. The maximum absolute atomic E-state index is 13.6. The van der Waals surface area contributed by atoms with Crippen LogP contribution in [-0.4, -0.2) is 59.3 Å². The van der Waals surface area contributed by atoms with Crippen LogP contribution in [0.3, 0.4) is 0 Å². The summed E-state index contributed by atoms with van der Waals surface area (Å²) >= 11 is 5.70. The normalized spacial score (nSPS) is 16.8. The van der Waals surface area contributed by atoms with Crippen LogP contribution in [0.5, 0.6) is 0 Å². The predicted octanol–water partition coefficient (Wildman–Crippen LogP) is 7.92. The Hall–Kier alpha value is -2.97. The lowest BCUT2D eigenvalue weighted by molar-refractivity contribution is -0.128. The highest BCUT2D eigenvalue weighted by Gasteiger charge is 2.57. The molecule has 8 heteroatoms. The molecule has 0 saturated carbocycles. The Balaban J connectivity index is 1.60. The zero-order valence-corrected chi connectivity index (χ0v) is 27.0. The fraction of sp³-hybridized carbons (Fsp3) is 0.485. The number of hydrogen-bond acceptors (Lipinski definition) is 4. The standard InChI is InChI=1S/C33H46N2O4SSi/c1-26(2)30-33(27-18-12-10-13-19-27,28-20-14-11-15-21-28)39-32(40)35(30)29(36)22-16-8-6-7-9-17-23-34(31(37)38)24-25-41(3,4)5/h8,10-16,18-21,26,30H,6-7,9,17,22-25H2,1-5H3,(H,37,38)/b16-8+/t30-/m0/s1. The summed E-state index contributed by atoms with van der Waals surface area (Å²) in [5.41, 5.74) is 1.06. The lowest BCUT2D eigenvalue weighted by atomic mass is 9.75. The summed E-state index contributed by atoms with van der Waals surface area (Å²) < 4.78 is 6.54. The van der Waals surface area contributed by atoms with Gasteiger partial charge >= 0.3 is 6.09 Å². The Morgan fingerprint density at radius 3 is 2.07 bits per heavy atom. The molecule has 1 heterocycles. The quantitative estimate of drug-likeness (QED) is 0.104. The highest BCUT2D eigenvalue weighted by molar-refractivity contribution is 7.80. The molecule has 6 nitrogen and oxygen atoms in total. The van der Waals surface area contributed by atoms with E-state index < -0.39 is 19.8 Å². The summed E-state index contributed by atoms with van der Waals surface area (Å²) in [6, 6.07) is 20.8. The van der Waals surface area contributed by atoms with Gasteiger partial charge in [0, 0.05) is 38.7 Å².